The van der Waals surface area contributed by atoms with Gasteiger partial charge in [0, 0.05) is 12.1 Å². The van der Waals surface area contributed by atoms with Crippen molar-refractivity contribution < 1.29 is 4.74 Å². The molecule has 2 heteroatoms. The van der Waals surface area contributed by atoms with Crippen LogP contribution in [0.4, 0.5) is 0 Å². The molecule has 0 spiro atoms. The summed E-state index contributed by atoms with van der Waals surface area (Å²) < 4.78 is 5.29. The minimum atomic E-state index is 0.689. The Bertz CT molecular complexity index is 81.3. The van der Waals surface area contributed by atoms with Gasteiger partial charge in [-0.1, -0.05) is 13.8 Å². The van der Waals surface area contributed by atoms with E-state index in [1.54, 1.807) is 0 Å². The summed E-state index contributed by atoms with van der Waals surface area (Å²) in [6.45, 7) is 5.88. The summed E-state index contributed by atoms with van der Waals surface area (Å²) in [6, 6.07) is 1.38. The number of hydrogen-bond donors (Lipinski definition) is 1. The van der Waals surface area contributed by atoms with Gasteiger partial charge in [0.1, 0.15) is 0 Å². The molecule has 2 bridgehead atoms. The van der Waals surface area contributed by atoms with E-state index >= 15 is 0 Å². The molecule has 2 unspecified atom stereocenters. The van der Waals surface area contributed by atoms with Gasteiger partial charge in [-0.15, -0.1) is 0 Å². The van der Waals surface area contributed by atoms with E-state index in [-0.39, 0.29) is 0 Å². The molecule has 0 aromatic heterocycles. The Morgan fingerprint density at radius 1 is 1.10 bits per heavy atom. The molecule has 60 valence electrons. The smallest absolute Gasteiger partial charge is 0.0620 e. The van der Waals surface area contributed by atoms with Crippen LogP contribution >= 0.6 is 0 Å². The lowest BCUT2D eigenvalue weighted by Crippen LogP contribution is -2.41. The van der Waals surface area contributed by atoms with Crippen LogP contribution in [0.3, 0.4) is 0 Å². The van der Waals surface area contributed by atoms with Crippen LogP contribution in [0.25, 0.3) is 0 Å². The van der Waals surface area contributed by atoms with Gasteiger partial charge in [-0.05, 0) is 12.8 Å². The van der Waals surface area contributed by atoms with E-state index in [9.17, 15) is 0 Å². The van der Waals surface area contributed by atoms with Gasteiger partial charge in [0.2, 0.25) is 0 Å². The van der Waals surface area contributed by atoms with Crippen LogP contribution in [0.15, 0.2) is 0 Å². The highest BCUT2D eigenvalue weighted by molar-refractivity contribution is 4.86. The largest absolute Gasteiger partial charge is 0.378 e. The van der Waals surface area contributed by atoms with Gasteiger partial charge < -0.3 is 10.1 Å². The molecule has 0 radical (unpaired) electrons. The number of morpholine rings is 1. The second-order valence-electron chi connectivity index (χ2n) is 2.68. The maximum atomic E-state index is 5.29. The summed E-state index contributed by atoms with van der Waals surface area (Å²) in [7, 11) is 0. The Kier molecular flexibility index (Phi) is 3.16. The normalized spacial score (nSPS) is 36.6. The first-order chi connectivity index (χ1) is 4.95. The molecule has 0 aliphatic carbocycles. The third kappa shape index (κ3) is 1.70. The van der Waals surface area contributed by atoms with Gasteiger partial charge in [0.05, 0.1) is 13.2 Å². The van der Waals surface area contributed by atoms with E-state index in [1.165, 1.54) is 12.8 Å². The quantitative estimate of drug-likeness (QED) is 0.549. The van der Waals surface area contributed by atoms with Crippen LogP contribution in [0.2, 0.25) is 0 Å². The van der Waals surface area contributed by atoms with Crippen molar-refractivity contribution in [1.29, 1.82) is 0 Å². The van der Waals surface area contributed by atoms with Crippen molar-refractivity contribution >= 4 is 0 Å². The Morgan fingerprint density at radius 2 is 1.60 bits per heavy atom. The van der Waals surface area contributed by atoms with Crippen molar-refractivity contribution in [3.63, 3.8) is 0 Å². The summed E-state index contributed by atoms with van der Waals surface area (Å²) in [5, 5.41) is 3.47. The molecule has 0 aromatic rings. The molecule has 2 aliphatic rings. The fourth-order valence-corrected chi connectivity index (χ4v) is 1.52. The molecule has 0 aromatic carbocycles. The van der Waals surface area contributed by atoms with Crippen LogP contribution in [0.1, 0.15) is 26.7 Å². The zero-order chi connectivity index (χ0) is 7.40. The second kappa shape index (κ2) is 3.94. The number of hydrogen-bond acceptors (Lipinski definition) is 2. The molecule has 2 atom stereocenters. The van der Waals surface area contributed by atoms with Crippen LogP contribution < -0.4 is 5.32 Å². The first-order valence-corrected chi connectivity index (χ1v) is 4.29. The molecule has 0 amide bonds. The van der Waals surface area contributed by atoms with Gasteiger partial charge in [-0.3, -0.25) is 0 Å². The van der Waals surface area contributed by atoms with E-state index in [0.29, 0.717) is 12.1 Å². The molecule has 2 rings (SSSR count). The lowest BCUT2D eigenvalue weighted by molar-refractivity contribution is 0.0728. The van der Waals surface area contributed by atoms with E-state index in [0.717, 1.165) is 13.2 Å². The maximum absolute atomic E-state index is 5.29. The molecule has 1 N–H and O–H groups in total. The number of nitrogens with one attached hydrogen (secondary N) is 1. The first kappa shape index (κ1) is 8.02. The summed E-state index contributed by atoms with van der Waals surface area (Å²) in [6.07, 6.45) is 2.65. The molecular formula is C8H17NO. The minimum absolute atomic E-state index is 0.689. The molecule has 10 heavy (non-hydrogen) atoms. The van der Waals surface area contributed by atoms with E-state index < -0.39 is 0 Å². The van der Waals surface area contributed by atoms with E-state index in [1.807, 2.05) is 13.8 Å². The zero-order valence-corrected chi connectivity index (χ0v) is 6.89. The van der Waals surface area contributed by atoms with Gasteiger partial charge in [0.15, 0.2) is 0 Å². The fourth-order valence-electron chi connectivity index (χ4n) is 1.52. The van der Waals surface area contributed by atoms with Crippen LogP contribution in [-0.2, 0) is 4.74 Å². The summed E-state index contributed by atoms with van der Waals surface area (Å²) in [5.74, 6) is 0. The van der Waals surface area contributed by atoms with Crippen molar-refractivity contribution in [2.45, 2.75) is 38.8 Å². The Balaban J connectivity index is 0.000000231. The van der Waals surface area contributed by atoms with E-state index in [2.05, 4.69) is 5.32 Å². The average Bonchev–Trinajstić information content (AvgIpc) is 2.35. The third-order valence-corrected chi connectivity index (χ3v) is 1.97. The molecule has 2 heterocycles. The van der Waals surface area contributed by atoms with Crippen LogP contribution in [-0.4, -0.2) is 25.3 Å². The van der Waals surface area contributed by atoms with E-state index in [4.69, 9.17) is 4.74 Å². The van der Waals surface area contributed by atoms with Gasteiger partial charge >= 0.3 is 0 Å². The lowest BCUT2D eigenvalue weighted by atomic mass is 10.2. The monoisotopic (exact) mass is 143 g/mol. The van der Waals surface area contributed by atoms with Crippen molar-refractivity contribution in [3.05, 3.63) is 0 Å². The first-order valence-electron chi connectivity index (χ1n) is 4.29. The highest BCUT2D eigenvalue weighted by atomic mass is 16.5. The Hall–Kier alpha value is -0.0800. The highest BCUT2D eigenvalue weighted by Gasteiger charge is 2.27. The van der Waals surface area contributed by atoms with Crippen molar-refractivity contribution in [3.8, 4) is 0 Å². The van der Waals surface area contributed by atoms with Crippen molar-refractivity contribution in [2.24, 2.45) is 0 Å². The fraction of sp³-hybridized carbons (Fsp3) is 1.00. The molecule has 2 fully saturated rings. The number of ether oxygens (including phenoxy) is 1. The van der Waals surface area contributed by atoms with Crippen molar-refractivity contribution in [2.75, 3.05) is 13.2 Å². The Labute approximate surface area is 63.0 Å². The topological polar surface area (TPSA) is 21.3 Å². The molecule has 2 nitrogen and oxygen atoms in total. The number of fused-ring (bicyclic) bond motifs is 2. The highest BCUT2D eigenvalue weighted by Crippen LogP contribution is 2.16. The summed E-state index contributed by atoms with van der Waals surface area (Å²) in [5.41, 5.74) is 0. The summed E-state index contributed by atoms with van der Waals surface area (Å²) >= 11 is 0. The van der Waals surface area contributed by atoms with Gasteiger partial charge in [-0.25, -0.2) is 0 Å². The van der Waals surface area contributed by atoms with Crippen LogP contribution in [0.5, 0.6) is 0 Å². The number of rotatable bonds is 0. The SMILES string of the molecule is C1CC2COCC1N2.CC. The minimum Gasteiger partial charge on any atom is -0.378 e. The molecule has 2 aliphatic heterocycles. The van der Waals surface area contributed by atoms with Crippen LogP contribution in [0, 0.1) is 0 Å². The third-order valence-electron chi connectivity index (χ3n) is 1.97. The Morgan fingerprint density at radius 3 is 2.00 bits per heavy atom. The predicted octanol–water partition coefficient (Wildman–Crippen LogP) is 1.16. The summed E-state index contributed by atoms with van der Waals surface area (Å²) in [4.78, 5) is 0. The predicted molar refractivity (Wildman–Crippen MR) is 42.1 cm³/mol. The molecule has 2 saturated heterocycles. The van der Waals surface area contributed by atoms with Gasteiger partial charge in [0.25, 0.3) is 0 Å². The maximum Gasteiger partial charge on any atom is 0.0620 e. The zero-order valence-electron chi connectivity index (χ0n) is 6.89. The van der Waals surface area contributed by atoms with Crippen molar-refractivity contribution in [1.82, 2.24) is 5.32 Å². The standard InChI is InChI=1S/C6H11NO.C2H6/c1-2-6-4-8-3-5(1)7-6;1-2/h5-7H,1-4H2;1-2H3. The molecular weight excluding hydrogens is 126 g/mol. The average molecular weight is 143 g/mol. The molecule has 0 saturated carbocycles. The van der Waals surface area contributed by atoms with Gasteiger partial charge in [-0.2, -0.15) is 0 Å². The lowest BCUT2D eigenvalue weighted by Gasteiger charge is -2.20. The second-order valence-corrected chi connectivity index (χ2v) is 2.68.